The van der Waals surface area contributed by atoms with E-state index in [1.807, 2.05) is 11.6 Å². The van der Waals surface area contributed by atoms with E-state index in [4.69, 9.17) is 0 Å². The van der Waals surface area contributed by atoms with Gasteiger partial charge in [0.05, 0.1) is 6.20 Å². The Morgan fingerprint density at radius 3 is 2.75 bits per heavy atom. The minimum atomic E-state index is 0.0944. The van der Waals surface area contributed by atoms with Crippen molar-refractivity contribution in [2.24, 2.45) is 7.05 Å². The lowest BCUT2D eigenvalue weighted by atomic mass is 10.3. The number of carbonyl (C=O) groups is 1. The predicted molar refractivity (Wildman–Crippen MR) is 45.2 cm³/mol. The molecule has 64 valence electrons. The van der Waals surface area contributed by atoms with Crippen LogP contribution in [0.1, 0.15) is 42.0 Å². The average molecular weight is 164 g/mol. The standard InChI is InChI=1S/C9H12N2O/c1-6(12)8-5-10-9(11(8)2)7-3-4-7/h5,7H,3-4H2,1-2H3. The quantitative estimate of drug-likeness (QED) is 0.621. The van der Waals surface area contributed by atoms with E-state index >= 15 is 0 Å². The van der Waals surface area contributed by atoms with Crippen molar-refractivity contribution in [1.29, 1.82) is 0 Å². The van der Waals surface area contributed by atoms with Gasteiger partial charge in [-0.15, -0.1) is 0 Å². The van der Waals surface area contributed by atoms with Gasteiger partial charge in [0.2, 0.25) is 0 Å². The molecular formula is C9H12N2O. The summed E-state index contributed by atoms with van der Waals surface area (Å²) in [4.78, 5) is 15.3. The van der Waals surface area contributed by atoms with Crippen LogP contribution in [0.5, 0.6) is 0 Å². The van der Waals surface area contributed by atoms with Gasteiger partial charge in [0.1, 0.15) is 11.5 Å². The van der Waals surface area contributed by atoms with Gasteiger partial charge in [0, 0.05) is 19.9 Å². The largest absolute Gasteiger partial charge is 0.329 e. The van der Waals surface area contributed by atoms with Gasteiger partial charge in [-0.05, 0) is 12.8 Å². The van der Waals surface area contributed by atoms with E-state index in [0.717, 1.165) is 11.5 Å². The molecule has 1 aromatic heterocycles. The van der Waals surface area contributed by atoms with Gasteiger partial charge < -0.3 is 4.57 Å². The topological polar surface area (TPSA) is 34.9 Å². The van der Waals surface area contributed by atoms with Crippen LogP contribution in [0.4, 0.5) is 0 Å². The summed E-state index contributed by atoms with van der Waals surface area (Å²) in [7, 11) is 1.91. The highest BCUT2D eigenvalue weighted by atomic mass is 16.1. The fourth-order valence-corrected chi connectivity index (χ4v) is 1.47. The number of Topliss-reactive ketones (excluding diaryl/α,β-unsaturated/α-hetero) is 1. The highest BCUT2D eigenvalue weighted by Gasteiger charge is 2.28. The van der Waals surface area contributed by atoms with Gasteiger partial charge >= 0.3 is 0 Å². The lowest BCUT2D eigenvalue weighted by molar-refractivity contribution is 0.101. The second-order valence-electron chi connectivity index (χ2n) is 3.39. The summed E-state index contributed by atoms with van der Waals surface area (Å²) in [6.07, 6.45) is 4.13. The van der Waals surface area contributed by atoms with Gasteiger partial charge in [-0.25, -0.2) is 4.98 Å². The van der Waals surface area contributed by atoms with Crippen LogP contribution >= 0.6 is 0 Å². The van der Waals surface area contributed by atoms with Gasteiger partial charge in [0.25, 0.3) is 0 Å². The van der Waals surface area contributed by atoms with E-state index in [2.05, 4.69) is 4.98 Å². The summed E-state index contributed by atoms with van der Waals surface area (Å²) in [5.74, 6) is 1.78. The lowest BCUT2D eigenvalue weighted by Gasteiger charge is -2.00. The second-order valence-corrected chi connectivity index (χ2v) is 3.39. The molecule has 0 amide bonds. The Morgan fingerprint density at radius 2 is 2.33 bits per heavy atom. The first-order valence-corrected chi connectivity index (χ1v) is 4.22. The Hall–Kier alpha value is -1.12. The first kappa shape index (κ1) is 7.53. The van der Waals surface area contributed by atoms with Crippen LogP contribution in [-0.4, -0.2) is 15.3 Å². The molecule has 1 aliphatic rings. The Balaban J connectivity index is 2.39. The maximum Gasteiger partial charge on any atom is 0.177 e. The fourth-order valence-electron chi connectivity index (χ4n) is 1.47. The second kappa shape index (κ2) is 2.44. The number of nitrogens with zero attached hydrogens (tertiary/aromatic N) is 2. The van der Waals surface area contributed by atoms with Crippen LogP contribution in [0, 0.1) is 0 Å². The summed E-state index contributed by atoms with van der Waals surface area (Å²) < 4.78 is 1.92. The first-order chi connectivity index (χ1) is 5.70. The van der Waals surface area contributed by atoms with Gasteiger partial charge in [0.15, 0.2) is 5.78 Å². The highest BCUT2D eigenvalue weighted by molar-refractivity contribution is 5.92. The molecule has 0 atom stereocenters. The molecule has 0 aliphatic heterocycles. The average Bonchev–Trinajstić information content (AvgIpc) is 2.75. The zero-order chi connectivity index (χ0) is 8.72. The summed E-state index contributed by atoms with van der Waals surface area (Å²) in [5.41, 5.74) is 0.719. The molecule has 0 bridgehead atoms. The van der Waals surface area contributed by atoms with E-state index in [1.165, 1.54) is 12.8 Å². The van der Waals surface area contributed by atoms with Crippen molar-refractivity contribution in [2.45, 2.75) is 25.7 Å². The minimum Gasteiger partial charge on any atom is -0.329 e. The van der Waals surface area contributed by atoms with Gasteiger partial charge in [-0.2, -0.15) is 0 Å². The van der Waals surface area contributed by atoms with E-state index in [9.17, 15) is 4.79 Å². The SMILES string of the molecule is CC(=O)c1cnc(C2CC2)n1C. The number of hydrogen-bond acceptors (Lipinski definition) is 2. The van der Waals surface area contributed by atoms with Crippen molar-refractivity contribution >= 4 is 5.78 Å². The maximum atomic E-state index is 11.1. The van der Waals surface area contributed by atoms with E-state index in [1.54, 1.807) is 13.1 Å². The van der Waals surface area contributed by atoms with Crippen molar-refractivity contribution < 1.29 is 4.79 Å². The van der Waals surface area contributed by atoms with Crippen LogP contribution in [0.15, 0.2) is 6.20 Å². The summed E-state index contributed by atoms with van der Waals surface area (Å²) in [6, 6.07) is 0. The van der Waals surface area contributed by atoms with Crippen LogP contribution in [0.25, 0.3) is 0 Å². The third-order valence-corrected chi connectivity index (χ3v) is 2.33. The molecule has 0 saturated heterocycles. The molecule has 3 nitrogen and oxygen atoms in total. The summed E-state index contributed by atoms with van der Waals surface area (Å²) in [6.45, 7) is 1.58. The first-order valence-electron chi connectivity index (χ1n) is 4.22. The van der Waals surface area contributed by atoms with Crippen molar-refractivity contribution in [2.75, 3.05) is 0 Å². The highest BCUT2D eigenvalue weighted by Crippen LogP contribution is 2.39. The Labute approximate surface area is 71.4 Å². The lowest BCUT2D eigenvalue weighted by Crippen LogP contribution is -2.04. The van der Waals surface area contributed by atoms with Crippen LogP contribution < -0.4 is 0 Å². The zero-order valence-electron chi connectivity index (χ0n) is 7.37. The Bertz CT molecular complexity index is 323. The Morgan fingerprint density at radius 1 is 1.67 bits per heavy atom. The molecular weight excluding hydrogens is 152 g/mol. The van der Waals surface area contributed by atoms with Crippen molar-refractivity contribution in [3.05, 3.63) is 17.7 Å². The molecule has 12 heavy (non-hydrogen) atoms. The van der Waals surface area contributed by atoms with Crippen LogP contribution in [0.3, 0.4) is 0 Å². The van der Waals surface area contributed by atoms with Crippen LogP contribution in [-0.2, 0) is 7.05 Å². The maximum absolute atomic E-state index is 11.1. The number of imidazole rings is 1. The number of rotatable bonds is 2. The normalized spacial score (nSPS) is 16.5. The van der Waals surface area contributed by atoms with E-state index < -0.39 is 0 Å². The Kier molecular flexibility index (Phi) is 1.53. The molecule has 0 spiro atoms. The molecule has 0 N–H and O–H groups in total. The fraction of sp³-hybridized carbons (Fsp3) is 0.556. The predicted octanol–water partition coefficient (Wildman–Crippen LogP) is 1.50. The van der Waals surface area contributed by atoms with Gasteiger partial charge in [-0.3, -0.25) is 4.79 Å². The van der Waals surface area contributed by atoms with Crippen molar-refractivity contribution in [3.63, 3.8) is 0 Å². The third kappa shape index (κ3) is 1.05. The smallest absolute Gasteiger partial charge is 0.177 e. The molecule has 1 heterocycles. The minimum absolute atomic E-state index is 0.0944. The molecule has 3 heteroatoms. The van der Waals surface area contributed by atoms with Crippen molar-refractivity contribution in [1.82, 2.24) is 9.55 Å². The summed E-state index contributed by atoms with van der Waals surface area (Å²) in [5, 5.41) is 0. The molecule has 1 saturated carbocycles. The zero-order valence-corrected chi connectivity index (χ0v) is 7.37. The number of hydrogen-bond donors (Lipinski definition) is 0. The molecule has 2 rings (SSSR count). The third-order valence-electron chi connectivity index (χ3n) is 2.33. The molecule has 1 fully saturated rings. The number of carbonyl (C=O) groups excluding carboxylic acids is 1. The van der Waals surface area contributed by atoms with Crippen molar-refractivity contribution in [3.8, 4) is 0 Å². The van der Waals surface area contributed by atoms with Gasteiger partial charge in [-0.1, -0.05) is 0 Å². The van der Waals surface area contributed by atoms with E-state index in [0.29, 0.717) is 5.92 Å². The monoisotopic (exact) mass is 164 g/mol. The van der Waals surface area contributed by atoms with Crippen LogP contribution in [0.2, 0.25) is 0 Å². The number of ketones is 1. The number of aromatic nitrogens is 2. The molecule has 1 aromatic rings. The molecule has 1 aliphatic carbocycles. The van der Waals surface area contributed by atoms with E-state index in [-0.39, 0.29) is 5.78 Å². The molecule has 0 aromatic carbocycles. The molecule has 0 unspecified atom stereocenters. The summed E-state index contributed by atoms with van der Waals surface area (Å²) >= 11 is 0. The molecule has 0 radical (unpaired) electrons.